The summed E-state index contributed by atoms with van der Waals surface area (Å²) in [6.07, 6.45) is -6.29. The van der Waals surface area contributed by atoms with Gasteiger partial charge in [0.05, 0.1) is 18.5 Å². The first-order valence-electron chi connectivity index (χ1n) is 6.03. The van der Waals surface area contributed by atoms with Crippen molar-refractivity contribution >= 4 is 0 Å². The SMILES string of the molecule is [C-]#[N+]C(C#N)(CCC(F)(F)F)Cc1cc(C(C)C)on1. The Morgan fingerprint density at radius 3 is 2.50 bits per heavy atom. The van der Waals surface area contributed by atoms with Crippen LogP contribution in [0, 0.1) is 17.9 Å². The number of nitrogens with zero attached hydrogens (tertiary/aromatic N) is 3. The molecule has 4 nitrogen and oxygen atoms in total. The van der Waals surface area contributed by atoms with Gasteiger partial charge in [-0.3, -0.25) is 4.85 Å². The van der Waals surface area contributed by atoms with Crippen LogP contribution in [-0.4, -0.2) is 16.9 Å². The smallest absolute Gasteiger partial charge is 0.361 e. The van der Waals surface area contributed by atoms with Crippen LogP contribution in [0.5, 0.6) is 0 Å². The number of aromatic nitrogens is 1. The fraction of sp³-hybridized carbons (Fsp3) is 0.615. The molecule has 0 aliphatic rings. The van der Waals surface area contributed by atoms with Crippen LogP contribution in [0.2, 0.25) is 0 Å². The predicted octanol–water partition coefficient (Wildman–Crippen LogP) is 3.86. The number of hydrogen-bond donors (Lipinski definition) is 0. The van der Waals surface area contributed by atoms with Gasteiger partial charge < -0.3 is 4.52 Å². The Morgan fingerprint density at radius 1 is 1.45 bits per heavy atom. The molecule has 0 bridgehead atoms. The van der Waals surface area contributed by atoms with Gasteiger partial charge in [0, 0.05) is 18.4 Å². The summed E-state index contributed by atoms with van der Waals surface area (Å²) in [6, 6.07) is 3.27. The first kappa shape index (κ1) is 16.0. The highest BCUT2D eigenvalue weighted by molar-refractivity contribution is 5.22. The zero-order chi connectivity index (χ0) is 15.4. The maximum Gasteiger partial charge on any atom is 0.389 e. The Hall–Kier alpha value is -2.02. The van der Waals surface area contributed by atoms with E-state index < -0.39 is 24.6 Å². The van der Waals surface area contributed by atoms with E-state index in [1.165, 1.54) is 0 Å². The second kappa shape index (κ2) is 5.96. The van der Waals surface area contributed by atoms with E-state index in [9.17, 15) is 13.2 Å². The van der Waals surface area contributed by atoms with Gasteiger partial charge in [0.1, 0.15) is 5.76 Å². The molecule has 20 heavy (non-hydrogen) atoms. The van der Waals surface area contributed by atoms with E-state index in [-0.39, 0.29) is 12.3 Å². The largest absolute Gasteiger partial charge is 0.389 e. The van der Waals surface area contributed by atoms with E-state index in [1.54, 1.807) is 12.1 Å². The van der Waals surface area contributed by atoms with Crippen molar-refractivity contribution < 1.29 is 17.7 Å². The molecule has 1 heterocycles. The molecule has 0 saturated carbocycles. The molecular weight excluding hydrogens is 271 g/mol. The van der Waals surface area contributed by atoms with Crippen molar-refractivity contribution in [2.75, 3.05) is 0 Å². The van der Waals surface area contributed by atoms with Gasteiger partial charge in [0.25, 0.3) is 0 Å². The van der Waals surface area contributed by atoms with Crippen molar-refractivity contribution in [1.82, 2.24) is 5.16 Å². The first-order valence-corrected chi connectivity index (χ1v) is 6.03. The Kier molecular flexibility index (Phi) is 4.78. The topological polar surface area (TPSA) is 54.2 Å². The minimum atomic E-state index is -4.39. The fourth-order valence-electron chi connectivity index (χ4n) is 1.64. The molecule has 1 unspecified atom stereocenters. The molecule has 0 aromatic carbocycles. The number of nitriles is 1. The number of rotatable bonds is 5. The van der Waals surface area contributed by atoms with Crippen molar-refractivity contribution in [3.63, 3.8) is 0 Å². The molecule has 1 atom stereocenters. The highest BCUT2D eigenvalue weighted by atomic mass is 19.4. The maximum absolute atomic E-state index is 12.3. The highest BCUT2D eigenvalue weighted by Crippen LogP contribution is 2.30. The quantitative estimate of drug-likeness (QED) is 0.772. The average molecular weight is 285 g/mol. The van der Waals surface area contributed by atoms with E-state index in [2.05, 4.69) is 10.0 Å². The summed E-state index contributed by atoms with van der Waals surface area (Å²) in [7, 11) is 0. The molecule has 1 aromatic rings. The molecule has 108 valence electrons. The molecule has 1 aromatic heterocycles. The van der Waals surface area contributed by atoms with Crippen LogP contribution >= 0.6 is 0 Å². The normalized spacial score (nSPS) is 14.6. The van der Waals surface area contributed by atoms with E-state index in [0.717, 1.165) is 0 Å². The van der Waals surface area contributed by atoms with Gasteiger partial charge >= 0.3 is 11.7 Å². The lowest BCUT2D eigenvalue weighted by atomic mass is 9.90. The molecule has 0 radical (unpaired) electrons. The van der Waals surface area contributed by atoms with Crippen LogP contribution in [0.4, 0.5) is 13.2 Å². The number of alkyl halides is 3. The highest BCUT2D eigenvalue weighted by Gasteiger charge is 2.42. The summed E-state index contributed by atoms with van der Waals surface area (Å²) < 4.78 is 41.8. The van der Waals surface area contributed by atoms with E-state index in [4.69, 9.17) is 16.4 Å². The molecule has 0 amide bonds. The van der Waals surface area contributed by atoms with Crippen molar-refractivity contribution in [1.29, 1.82) is 5.26 Å². The Balaban J connectivity index is 2.86. The van der Waals surface area contributed by atoms with Crippen LogP contribution < -0.4 is 0 Å². The van der Waals surface area contributed by atoms with Crippen LogP contribution in [0.15, 0.2) is 10.6 Å². The van der Waals surface area contributed by atoms with Gasteiger partial charge in [-0.2, -0.15) is 18.4 Å². The van der Waals surface area contributed by atoms with Crippen molar-refractivity contribution in [2.24, 2.45) is 0 Å². The number of hydrogen-bond acceptors (Lipinski definition) is 3. The van der Waals surface area contributed by atoms with Gasteiger partial charge in [-0.25, -0.2) is 6.57 Å². The summed E-state index contributed by atoms with van der Waals surface area (Å²) in [6.45, 7) is 10.8. The third-order valence-electron chi connectivity index (χ3n) is 2.86. The van der Waals surface area contributed by atoms with Crippen LogP contribution in [-0.2, 0) is 6.42 Å². The standard InChI is InChI=1S/C13H14F3N3O/c1-9(2)11-6-10(19-20-11)7-12(8-17,18-3)4-5-13(14,15)16/h6,9H,4-5,7H2,1-2H3. The third-order valence-corrected chi connectivity index (χ3v) is 2.86. The molecule has 0 N–H and O–H groups in total. The minimum absolute atomic E-state index is 0.0795. The summed E-state index contributed by atoms with van der Waals surface area (Å²) >= 11 is 0. The van der Waals surface area contributed by atoms with E-state index >= 15 is 0 Å². The number of halogens is 3. The second-order valence-electron chi connectivity index (χ2n) is 4.92. The minimum Gasteiger partial charge on any atom is -0.361 e. The Morgan fingerprint density at radius 2 is 2.10 bits per heavy atom. The zero-order valence-electron chi connectivity index (χ0n) is 11.2. The molecule has 0 aliphatic heterocycles. The second-order valence-corrected chi connectivity index (χ2v) is 4.92. The Bertz CT molecular complexity index is 520. The average Bonchev–Trinajstić information content (AvgIpc) is 2.82. The lowest BCUT2D eigenvalue weighted by Gasteiger charge is -2.14. The molecule has 0 fully saturated rings. The summed E-state index contributed by atoms with van der Waals surface area (Å²) in [5.74, 6) is 0.656. The van der Waals surface area contributed by atoms with E-state index in [1.807, 2.05) is 13.8 Å². The molecular formula is C13H14F3N3O. The van der Waals surface area contributed by atoms with Crippen LogP contribution in [0.3, 0.4) is 0 Å². The third kappa shape index (κ3) is 4.27. The summed E-state index contributed by atoms with van der Waals surface area (Å²) in [4.78, 5) is 3.10. The van der Waals surface area contributed by atoms with Crippen molar-refractivity contribution in [3.05, 3.63) is 28.9 Å². The summed E-state index contributed by atoms with van der Waals surface area (Å²) in [5.41, 5.74) is -1.42. The van der Waals surface area contributed by atoms with E-state index in [0.29, 0.717) is 11.5 Å². The van der Waals surface area contributed by atoms with Crippen molar-refractivity contribution in [2.45, 2.75) is 50.7 Å². The first-order chi connectivity index (χ1) is 9.21. The monoisotopic (exact) mass is 285 g/mol. The molecule has 0 spiro atoms. The van der Waals surface area contributed by atoms with Crippen molar-refractivity contribution in [3.8, 4) is 6.07 Å². The molecule has 0 aliphatic carbocycles. The van der Waals surface area contributed by atoms with Gasteiger partial charge in [0.15, 0.2) is 6.07 Å². The van der Waals surface area contributed by atoms with Crippen LogP contribution in [0.1, 0.15) is 44.1 Å². The Labute approximate surface area is 115 Å². The lowest BCUT2D eigenvalue weighted by Crippen LogP contribution is -2.28. The lowest BCUT2D eigenvalue weighted by molar-refractivity contribution is -0.136. The summed E-state index contributed by atoms with van der Waals surface area (Å²) in [5, 5.41) is 12.8. The van der Waals surface area contributed by atoms with Gasteiger partial charge in [-0.1, -0.05) is 19.0 Å². The fourth-order valence-corrected chi connectivity index (χ4v) is 1.64. The van der Waals surface area contributed by atoms with Gasteiger partial charge in [-0.15, -0.1) is 0 Å². The molecule has 1 rings (SSSR count). The molecule has 7 heteroatoms. The zero-order valence-corrected chi connectivity index (χ0v) is 11.2. The van der Waals surface area contributed by atoms with Gasteiger partial charge in [0.2, 0.25) is 0 Å². The van der Waals surface area contributed by atoms with Crippen LogP contribution in [0.25, 0.3) is 4.85 Å². The van der Waals surface area contributed by atoms with Gasteiger partial charge in [-0.05, 0) is 0 Å². The predicted molar refractivity (Wildman–Crippen MR) is 64.5 cm³/mol. The molecule has 0 saturated heterocycles. The maximum atomic E-state index is 12.3.